The van der Waals surface area contributed by atoms with Gasteiger partial charge >= 0.3 is 6.09 Å². The van der Waals surface area contributed by atoms with E-state index in [9.17, 15) is 14.0 Å². The second kappa shape index (κ2) is 5.04. The molecule has 0 bridgehead atoms. The molecular weight excluding hydrogens is 285 g/mol. The Bertz CT molecular complexity index is 688. The van der Waals surface area contributed by atoms with E-state index in [0.717, 1.165) is 0 Å². The minimum absolute atomic E-state index is 0.1000. The van der Waals surface area contributed by atoms with E-state index in [1.54, 1.807) is 12.1 Å². The summed E-state index contributed by atoms with van der Waals surface area (Å²) in [5.74, 6) is -0.814. The summed E-state index contributed by atoms with van der Waals surface area (Å²) in [5.41, 5.74) is 0.230. The van der Waals surface area contributed by atoms with Crippen molar-refractivity contribution in [1.82, 2.24) is 9.88 Å². The van der Waals surface area contributed by atoms with Gasteiger partial charge in [0.2, 0.25) is 5.91 Å². The molecule has 2 aromatic rings. The average molecular weight is 295 g/mol. The number of ether oxygens (including phenoxy) is 1. The van der Waals surface area contributed by atoms with Gasteiger partial charge in [-0.05, 0) is 12.1 Å². The van der Waals surface area contributed by atoms with E-state index in [1.807, 2.05) is 0 Å². The fraction of sp³-hybridized carbons (Fsp3) is 0.250. The van der Waals surface area contributed by atoms with E-state index >= 15 is 0 Å². The second-order valence-corrected chi connectivity index (χ2v) is 5.22. The number of para-hydroxylation sites is 1. The summed E-state index contributed by atoms with van der Waals surface area (Å²) in [4.78, 5) is 28.3. The Kier molecular flexibility index (Phi) is 3.23. The standard InChI is InChI=1S/C12H10FN3O3S/c13-7-2-1-3-8-10(7)15-11(20-8)14-9(17)6-16-4-5-19-12(16)18/h1-3H,4-6H2,(H,14,15,17). The largest absolute Gasteiger partial charge is 0.448 e. The Labute approximate surface area is 117 Å². The highest BCUT2D eigenvalue weighted by molar-refractivity contribution is 7.22. The van der Waals surface area contributed by atoms with Crippen LogP contribution in [0.3, 0.4) is 0 Å². The summed E-state index contributed by atoms with van der Waals surface area (Å²) in [6, 6.07) is 4.62. The molecule has 1 aromatic carbocycles. The van der Waals surface area contributed by atoms with E-state index in [1.165, 1.54) is 22.3 Å². The van der Waals surface area contributed by atoms with Gasteiger partial charge in [0, 0.05) is 0 Å². The Morgan fingerprint density at radius 1 is 1.55 bits per heavy atom. The lowest BCUT2D eigenvalue weighted by atomic mass is 10.3. The summed E-state index contributed by atoms with van der Waals surface area (Å²) in [6.45, 7) is 0.580. The van der Waals surface area contributed by atoms with Crippen molar-refractivity contribution in [2.75, 3.05) is 25.0 Å². The minimum atomic E-state index is -0.504. The lowest BCUT2D eigenvalue weighted by molar-refractivity contribution is -0.116. The van der Waals surface area contributed by atoms with Crippen LogP contribution in [-0.4, -0.2) is 41.6 Å². The highest BCUT2D eigenvalue weighted by Crippen LogP contribution is 2.27. The number of anilines is 1. The number of nitrogens with zero attached hydrogens (tertiary/aromatic N) is 2. The zero-order valence-corrected chi connectivity index (χ0v) is 11.1. The topological polar surface area (TPSA) is 71.5 Å². The normalized spacial score (nSPS) is 14.7. The van der Waals surface area contributed by atoms with Crippen LogP contribution in [0.2, 0.25) is 0 Å². The van der Waals surface area contributed by atoms with Gasteiger partial charge in [0.25, 0.3) is 0 Å². The van der Waals surface area contributed by atoms with Crippen LogP contribution in [0.15, 0.2) is 18.2 Å². The van der Waals surface area contributed by atoms with Gasteiger partial charge in [-0.3, -0.25) is 9.69 Å². The summed E-state index contributed by atoms with van der Waals surface area (Å²) in [5, 5.41) is 2.87. The number of hydrogen-bond acceptors (Lipinski definition) is 5. The maximum absolute atomic E-state index is 13.5. The molecule has 104 valence electrons. The molecule has 1 aliphatic heterocycles. The quantitative estimate of drug-likeness (QED) is 0.937. The van der Waals surface area contributed by atoms with Crippen LogP contribution in [0.1, 0.15) is 0 Å². The monoisotopic (exact) mass is 295 g/mol. The van der Waals surface area contributed by atoms with Crippen molar-refractivity contribution in [3.05, 3.63) is 24.0 Å². The van der Waals surface area contributed by atoms with Gasteiger partial charge in [-0.15, -0.1) is 0 Å². The molecule has 0 aliphatic carbocycles. The molecule has 0 radical (unpaired) electrons. The third-order valence-corrected chi connectivity index (χ3v) is 3.73. The molecule has 20 heavy (non-hydrogen) atoms. The molecule has 6 nitrogen and oxygen atoms in total. The van der Waals surface area contributed by atoms with Crippen molar-refractivity contribution >= 4 is 38.7 Å². The zero-order valence-electron chi connectivity index (χ0n) is 10.3. The van der Waals surface area contributed by atoms with E-state index in [0.29, 0.717) is 23.0 Å². The fourth-order valence-electron chi connectivity index (χ4n) is 1.87. The highest BCUT2D eigenvalue weighted by atomic mass is 32.1. The summed E-state index contributed by atoms with van der Waals surface area (Å²) in [6.07, 6.45) is -0.504. The number of fused-ring (bicyclic) bond motifs is 1. The molecule has 0 saturated carbocycles. The first-order chi connectivity index (χ1) is 9.63. The van der Waals surface area contributed by atoms with Gasteiger partial charge < -0.3 is 10.1 Å². The van der Waals surface area contributed by atoms with Crippen LogP contribution in [0.25, 0.3) is 10.2 Å². The summed E-state index contributed by atoms with van der Waals surface area (Å²) >= 11 is 1.18. The molecule has 0 atom stereocenters. The number of cyclic esters (lactones) is 1. The van der Waals surface area contributed by atoms with Crippen LogP contribution in [0.5, 0.6) is 0 Å². The molecule has 0 spiro atoms. The Balaban J connectivity index is 1.71. The van der Waals surface area contributed by atoms with Gasteiger partial charge in [0.15, 0.2) is 5.13 Å². The van der Waals surface area contributed by atoms with E-state index in [2.05, 4.69) is 10.3 Å². The van der Waals surface area contributed by atoms with Crippen LogP contribution in [0, 0.1) is 5.82 Å². The van der Waals surface area contributed by atoms with Gasteiger partial charge in [0.1, 0.15) is 24.5 Å². The van der Waals surface area contributed by atoms with Crippen molar-refractivity contribution in [3.8, 4) is 0 Å². The maximum Gasteiger partial charge on any atom is 0.410 e. The Morgan fingerprint density at radius 3 is 3.10 bits per heavy atom. The number of nitrogens with one attached hydrogen (secondary N) is 1. The summed E-state index contributed by atoms with van der Waals surface area (Å²) in [7, 11) is 0. The predicted octanol–water partition coefficient (Wildman–Crippen LogP) is 1.83. The van der Waals surface area contributed by atoms with Gasteiger partial charge in [-0.25, -0.2) is 14.2 Å². The summed E-state index contributed by atoms with van der Waals surface area (Å²) < 4.78 is 18.9. The molecule has 8 heteroatoms. The third kappa shape index (κ3) is 2.42. The SMILES string of the molecule is O=C(CN1CCOC1=O)Nc1nc2c(F)cccc2s1. The number of benzene rings is 1. The average Bonchev–Trinajstić information content (AvgIpc) is 2.97. The number of carbonyl (C=O) groups is 2. The fourth-order valence-corrected chi connectivity index (χ4v) is 2.77. The van der Waals surface area contributed by atoms with Gasteiger partial charge in [-0.1, -0.05) is 17.4 Å². The maximum atomic E-state index is 13.5. The zero-order chi connectivity index (χ0) is 14.1. The van der Waals surface area contributed by atoms with Gasteiger partial charge in [-0.2, -0.15) is 0 Å². The van der Waals surface area contributed by atoms with Crippen LogP contribution in [-0.2, 0) is 9.53 Å². The van der Waals surface area contributed by atoms with E-state index < -0.39 is 11.9 Å². The second-order valence-electron chi connectivity index (χ2n) is 4.19. The minimum Gasteiger partial charge on any atom is -0.448 e. The molecule has 1 N–H and O–H groups in total. The highest BCUT2D eigenvalue weighted by Gasteiger charge is 2.24. The number of thiazole rings is 1. The van der Waals surface area contributed by atoms with Gasteiger partial charge in [0.05, 0.1) is 11.2 Å². The molecule has 3 rings (SSSR count). The van der Waals surface area contributed by atoms with Crippen LogP contribution >= 0.6 is 11.3 Å². The number of carbonyl (C=O) groups excluding carboxylic acids is 2. The van der Waals surface area contributed by atoms with E-state index in [-0.39, 0.29) is 18.0 Å². The molecule has 1 aromatic heterocycles. The van der Waals surface area contributed by atoms with E-state index in [4.69, 9.17) is 4.74 Å². The van der Waals surface area contributed by atoms with Crippen molar-refractivity contribution in [3.63, 3.8) is 0 Å². The van der Waals surface area contributed by atoms with Crippen molar-refractivity contribution in [1.29, 1.82) is 0 Å². The lowest BCUT2D eigenvalue weighted by Crippen LogP contribution is -2.33. The third-order valence-electron chi connectivity index (χ3n) is 2.80. The molecule has 2 amide bonds. The molecule has 1 saturated heterocycles. The molecular formula is C12H10FN3O3S. The van der Waals surface area contributed by atoms with Crippen molar-refractivity contribution < 1.29 is 18.7 Å². The number of hydrogen-bond donors (Lipinski definition) is 1. The van der Waals surface area contributed by atoms with Crippen molar-refractivity contribution in [2.45, 2.75) is 0 Å². The number of rotatable bonds is 3. The Morgan fingerprint density at radius 2 is 2.40 bits per heavy atom. The first-order valence-corrected chi connectivity index (χ1v) is 6.72. The number of amides is 2. The van der Waals surface area contributed by atoms with Crippen LogP contribution in [0.4, 0.5) is 14.3 Å². The lowest BCUT2D eigenvalue weighted by Gasteiger charge is -2.10. The van der Waals surface area contributed by atoms with Crippen LogP contribution < -0.4 is 5.32 Å². The number of aromatic nitrogens is 1. The molecule has 0 unspecified atom stereocenters. The first kappa shape index (κ1) is 12.8. The predicted molar refractivity (Wildman–Crippen MR) is 71.1 cm³/mol. The Hall–Kier alpha value is -2.22. The van der Waals surface area contributed by atoms with Crippen molar-refractivity contribution in [2.24, 2.45) is 0 Å². The molecule has 2 heterocycles. The molecule has 1 fully saturated rings. The smallest absolute Gasteiger partial charge is 0.410 e. The first-order valence-electron chi connectivity index (χ1n) is 5.90. The molecule has 1 aliphatic rings. The number of halogens is 1.